The molecule has 0 aromatic carbocycles. The first kappa shape index (κ1) is 15.3. The van der Waals surface area contributed by atoms with Crippen LogP contribution >= 0.6 is 0 Å². The molecule has 114 valence electrons. The Bertz CT molecular complexity index is 318. The molecule has 2 rings (SSSR count). The van der Waals surface area contributed by atoms with E-state index in [0.29, 0.717) is 19.6 Å². The van der Waals surface area contributed by atoms with Gasteiger partial charge in [-0.2, -0.15) is 0 Å². The fourth-order valence-corrected chi connectivity index (χ4v) is 2.41. The summed E-state index contributed by atoms with van der Waals surface area (Å²) in [5.41, 5.74) is 0. The zero-order chi connectivity index (χ0) is 14.2. The van der Waals surface area contributed by atoms with Crippen LogP contribution in [-0.2, 0) is 28.5 Å². The number of carbonyl (C=O) groups excluding carboxylic acids is 2. The van der Waals surface area contributed by atoms with Gasteiger partial charge in [-0.15, -0.1) is 0 Å². The first-order chi connectivity index (χ1) is 9.74. The van der Waals surface area contributed by atoms with E-state index in [1.54, 1.807) is 0 Å². The topological polar surface area (TPSA) is 71.1 Å². The highest BCUT2D eigenvalue weighted by Crippen LogP contribution is 2.21. The SMILES string of the molecule is O=C(CCCC(=O)OC1COCOC1)OC1CCCC1. The maximum absolute atomic E-state index is 11.6. The summed E-state index contributed by atoms with van der Waals surface area (Å²) in [6.45, 7) is 0.992. The average molecular weight is 286 g/mol. The predicted octanol–water partition coefficient (Wildman–Crippen LogP) is 1.56. The van der Waals surface area contributed by atoms with Crippen molar-refractivity contribution in [2.75, 3.05) is 20.0 Å². The van der Waals surface area contributed by atoms with Gasteiger partial charge in [0.25, 0.3) is 0 Å². The van der Waals surface area contributed by atoms with E-state index in [1.807, 2.05) is 0 Å². The second-order valence-corrected chi connectivity index (χ2v) is 5.22. The molecule has 2 aliphatic rings. The Labute approximate surface area is 118 Å². The number of ether oxygens (including phenoxy) is 4. The molecule has 1 aliphatic heterocycles. The van der Waals surface area contributed by atoms with Crippen LogP contribution in [0.1, 0.15) is 44.9 Å². The maximum atomic E-state index is 11.6. The molecule has 20 heavy (non-hydrogen) atoms. The Balaban J connectivity index is 1.52. The highest BCUT2D eigenvalue weighted by molar-refractivity contribution is 5.72. The summed E-state index contributed by atoms with van der Waals surface area (Å²) in [5, 5.41) is 0. The van der Waals surface area contributed by atoms with Gasteiger partial charge in [-0.1, -0.05) is 0 Å². The highest BCUT2D eigenvalue weighted by Gasteiger charge is 2.20. The molecule has 0 bridgehead atoms. The molecule has 0 N–H and O–H groups in total. The van der Waals surface area contributed by atoms with Crippen molar-refractivity contribution in [2.24, 2.45) is 0 Å². The van der Waals surface area contributed by atoms with Crippen molar-refractivity contribution >= 4 is 11.9 Å². The van der Waals surface area contributed by atoms with Crippen LogP contribution in [0.4, 0.5) is 0 Å². The Morgan fingerprint density at radius 3 is 2.05 bits per heavy atom. The summed E-state index contributed by atoms with van der Waals surface area (Å²) in [7, 11) is 0. The molecular formula is C14H22O6. The molecule has 6 nitrogen and oxygen atoms in total. The standard InChI is InChI=1S/C14H22O6/c15-13(19-11-4-1-2-5-11)6-3-7-14(16)20-12-8-17-10-18-9-12/h11-12H,1-10H2. The summed E-state index contributed by atoms with van der Waals surface area (Å²) in [4.78, 5) is 23.1. The molecule has 0 aromatic heterocycles. The monoisotopic (exact) mass is 286 g/mol. The van der Waals surface area contributed by atoms with Crippen LogP contribution in [-0.4, -0.2) is 44.2 Å². The number of hydrogen-bond donors (Lipinski definition) is 0. The van der Waals surface area contributed by atoms with Gasteiger partial charge in [-0.05, 0) is 32.1 Å². The predicted molar refractivity (Wildman–Crippen MR) is 68.9 cm³/mol. The van der Waals surface area contributed by atoms with Gasteiger partial charge in [0.05, 0.1) is 13.2 Å². The van der Waals surface area contributed by atoms with Gasteiger partial charge < -0.3 is 18.9 Å². The molecule has 0 unspecified atom stereocenters. The minimum Gasteiger partial charge on any atom is -0.462 e. The van der Waals surface area contributed by atoms with E-state index >= 15 is 0 Å². The quantitative estimate of drug-likeness (QED) is 0.690. The molecule has 2 fully saturated rings. The lowest BCUT2D eigenvalue weighted by Crippen LogP contribution is -2.33. The van der Waals surface area contributed by atoms with E-state index < -0.39 is 0 Å². The maximum Gasteiger partial charge on any atom is 0.306 e. The van der Waals surface area contributed by atoms with Gasteiger partial charge in [0.15, 0.2) is 0 Å². The molecule has 0 spiro atoms. The molecule has 1 saturated heterocycles. The second-order valence-electron chi connectivity index (χ2n) is 5.22. The van der Waals surface area contributed by atoms with Crippen LogP contribution < -0.4 is 0 Å². The zero-order valence-corrected chi connectivity index (χ0v) is 11.7. The third-order valence-corrected chi connectivity index (χ3v) is 3.43. The van der Waals surface area contributed by atoms with Crippen LogP contribution in [0.15, 0.2) is 0 Å². The molecule has 1 saturated carbocycles. The smallest absolute Gasteiger partial charge is 0.306 e. The van der Waals surface area contributed by atoms with Crippen molar-refractivity contribution in [2.45, 2.75) is 57.2 Å². The molecule has 0 atom stereocenters. The number of hydrogen-bond acceptors (Lipinski definition) is 6. The van der Waals surface area contributed by atoms with Gasteiger partial charge in [0, 0.05) is 12.8 Å². The van der Waals surface area contributed by atoms with Crippen LogP contribution in [0.3, 0.4) is 0 Å². The molecule has 0 radical (unpaired) electrons. The van der Waals surface area contributed by atoms with Crippen LogP contribution in [0.25, 0.3) is 0 Å². The normalized spacial score (nSPS) is 20.8. The minimum atomic E-state index is -0.332. The Morgan fingerprint density at radius 1 is 0.900 bits per heavy atom. The number of rotatable bonds is 6. The van der Waals surface area contributed by atoms with Gasteiger partial charge in [0.2, 0.25) is 0 Å². The van der Waals surface area contributed by atoms with E-state index in [0.717, 1.165) is 25.7 Å². The van der Waals surface area contributed by atoms with Crippen molar-refractivity contribution < 1.29 is 28.5 Å². The highest BCUT2D eigenvalue weighted by atomic mass is 16.7. The van der Waals surface area contributed by atoms with Gasteiger partial charge >= 0.3 is 11.9 Å². The number of esters is 2. The Kier molecular flexibility index (Phi) is 6.26. The summed E-state index contributed by atoms with van der Waals surface area (Å²) in [6, 6.07) is 0. The molecular weight excluding hydrogens is 264 g/mol. The first-order valence-corrected chi connectivity index (χ1v) is 7.28. The van der Waals surface area contributed by atoms with E-state index in [9.17, 15) is 9.59 Å². The molecule has 1 heterocycles. The van der Waals surface area contributed by atoms with E-state index in [-0.39, 0.29) is 43.8 Å². The van der Waals surface area contributed by atoms with Crippen LogP contribution in [0.2, 0.25) is 0 Å². The summed E-state index contributed by atoms with van der Waals surface area (Å²) < 4.78 is 20.5. The van der Waals surface area contributed by atoms with Crippen LogP contribution in [0, 0.1) is 0 Å². The lowest BCUT2D eigenvalue weighted by Gasteiger charge is -2.22. The largest absolute Gasteiger partial charge is 0.462 e. The molecule has 0 aromatic rings. The van der Waals surface area contributed by atoms with E-state index in [4.69, 9.17) is 18.9 Å². The molecule has 1 aliphatic carbocycles. The fourth-order valence-electron chi connectivity index (χ4n) is 2.41. The van der Waals surface area contributed by atoms with Gasteiger partial charge in [-0.25, -0.2) is 0 Å². The van der Waals surface area contributed by atoms with Crippen molar-refractivity contribution in [1.29, 1.82) is 0 Å². The Morgan fingerprint density at radius 2 is 1.45 bits per heavy atom. The fraction of sp³-hybridized carbons (Fsp3) is 0.857. The van der Waals surface area contributed by atoms with E-state index in [2.05, 4.69) is 0 Å². The van der Waals surface area contributed by atoms with Gasteiger partial charge in [0.1, 0.15) is 19.0 Å². The first-order valence-electron chi connectivity index (χ1n) is 7.28. The van der Waals surface area contributed by atoms with Crippen molar-refractivity contribution in [1.82, 2.24) is 0 Å². The van der Waals surface area contributed by atoms with Crippen molar-refractivity contribution in [3.8, 4) is 0 Å². The van der Waals surface area contributed by atoms with Gasteiger partial charge in [-0.3, -0.25) is 9.59 Å². The lowest BCUT2D eigenvalue weighted by atomic mass is 10.2. The Hall–Kier alpha value is -1.14. The molecule has 0 amide bonds. The van der Waals surface area contributed by atoms with Crippen molar-refractivity contribution in [3.63, 3.8) is 0 Å². The lowest BCUT2D eigenvalue weighted by molar-refractivity contribution is -0.183. The third kappa shape index (κ3) is 5.46. The summed E-state index contributed by atoms with van der Waals surface area (Å²) in [5.74, 6) is -0.535. The second kappa shape index (κ2) is 8.21. The average Bonchev–Trinajstić information content (AvgIpc) is 2.92. The summed E-state index contributed by atoms with van der Waals surface area (Å²) in [6.07, 6.45) is 4.90. The van der Waals surface area contributed by atoms with Crippen molar-refractivity contribution in [3.05, 3.63) is 0 Å². The number of carbonyl (C=O) groups is 2. The van der Waals surface area contributed by atoms with E-state index in [1.165, 1.54) is 0 Å². The third-order valence-electron chi connectivity index (χ3n) is 3.43. The minimum absolute atomic E-state index is 0.0889. The van der Waals surface area contributed by atoms with Crippen LogP contribution in [0.5, 0.6) is 0 Å². The zero-order valence-electron chi connectivity index (χ0n) is 11.7. The molecule has 6 heteroatoms. The summed E-state index contributed by atoms with van der Waals surface area (Å²) >= 11 is 0.